The molecule has 1 heterocycles. The van der Waals surface area contributed by atoms with Crippen LogP contribution in [0, 0.1) is 0 Å². The molecular formula is C12H15BrN4. The Morgan fingerprint density at radius 3 is 2.94 bits per heavy atom. The third-order valence-corrected chi connectivity index (χ3v) is 3.08. The molecule has 0 unspecified atom stereocenters. The minimum atomic E-state index is 0.731. The van der Waals surface area contributed by atoms with Crippen molar-refractivity contribution in [2.75, 3.05) is 6.54 Å². The highest BCUT2D eigenvalue weighted by Crippen LogP contribution is 2.20. The molecule has 2 aromatic rings. The maximum Gasteiger partial charge on any atom is 0.146 e. The highest BCUT2D eigenvalue weighted by Gasteiger charge is 2.08. The molecule has 0 bridgehead atoms. The maximum absolute atomic E-state index is 4.27. The van der Waals surface area contributed by atoms with Gasteiger partial charge in [0.05, 0.1) is 12.2 Å². The predicted molar refractivity (Wildman–Crippen MR) is 71.1 cm³/mol. The fraction of sp³-hybridized carbons (Fsp3) is 0.333. The van der Waals surface area contributed by atoms with Gasteiger partial charge in [0, 0.05) is 4.47 Å². The minimum absolute atomic E-state index is 0.731. The van der Waals surface area contributed by atoms with Crippen molar-refractivity contribution in [3.05, 3.63) is 40.9 Å². The summed E-state index contributed by atoms with van der Waals surface area (Å²) in [4.78, 5) is 4.27. The van der Waals surface area contributed by atoms with Crippen LogP contribution in [0.1, 0.15) is 19.2 Å². The van der Waals surface area contributed by atoms with Gasteiger partial charge in [-0.05, 0) is 41.0 Å². The van der Waals surface area contributed by atoms with E-state index in [1.54, 1.807) is 6.33 Å². The molecule has 0 aliphatic carbocycles. The van der Waals surface area contributed by atoms with Crippen molar-refractivity contribution in [1.82, 2.24) is 20.1 Å². The van der Waals surface area contributed by atoms with Crippen LogP contribution in [0.2, 0.25) is 0 Å². The monoisotopic (exact) mass is 294 g/mol. The van der Waals surface area contributed by atoms with E-state index in [4.69, 9.17) is 0 Å². The smallest absolute Gasteiger partial charge is 0.146 e. The molecule has 1 aromatic carbocycles. The van der Waals surface area contributed by atoms with Gasteiger partial charge < -0.3 is 5.32 Å². The molecule has 90 valence electrons. The van der Waals surface area contributed by atoms with Crippen LogP contribution in [-0.4, -0.2) is 21.3 Å². The molecule has 0 spiro atoms. The number of aromatic nitrogens is 3. The minimum Gasteiger partial charge on any atom is -0.310 e. The zero-order valence-electron chi connectivity index (χ0n) is 9.73. The van der Waals surface area contributed by atoms with Gasteiger partial charge in [-0.1, -0.05) is 19.1 Å². The molecule has 4 nitrogen and oxygen atoms in total. The molecule has 0 aliphatic heterocycles. The molecule has 0 atom stereocenters. The molecule has 0 saturated heterocycles. The summed E-state index contributed by atoms with van der Waals surface area (Å²) in [5.74, 6) is 0.922. The van der Waals surface area contributed by atoms with E-state index in [1.165, 1.54) is 0 Å². The summed E-state index contributed by atoms with van der Waals surface area (Å²) >= 11 is 3.52. The number of nitrogens with zero attached hydrogens (tertiary/aromatic N) is 3. The zero-order valence-corrected chi connectivity index (χ0v) is 11.3. The summed E-state index contributed by atoms with van der Waals surface area (Å²) in [7, 11) is 0. The highest BCUT2D eigenvalue weighted by atomic mass is 79.9. The van der Waals surface area contributed by atoms with Gasteiger partial charge in [0.25, 0.3) is 0 Å². The Morgan fingerprint density at radius 1 is 1.35 bits per heavy atom. The molecule has 0 radical (unpaired) electrons. The fourth-order valence-electron chi connectivity index (χ4n) is 1.59. The molecule has 5 heteroatoms. The Bertz CT molecular complexity index is 481. The van der Waals surface area contributed by atoms with E-state index in [0.29, 0.717) is 0 Å². The lowest BCUT2D eigenvalue weighted by atomic mass is 10.3. The average Bonchev–Trinajstić information content (AvgIpc) is 2.78. The summed E-state index contributed by atoms with van der Waals surface area (Å²) in [6.45, 7) is 3.86. The number of rotatable bonds is 5. The van der Waals surface area contributed by atoms with Crippen molar-refractivity contribution in [2.24, 2.45) is 0 Å². The van der Waals surface area contributed by atoms with Crippen LogP contribution >= 0.6 is 15.9 Å². The first-order valence-corrected chi connectivity index (χ1v) is 6.46. The van der Waals surface area contributed by atoms with Gasteiger partial charge in [-0.15, -0.1) is 0 Å². The van der Waals surface area contributed by atoms with Crippen LogP contribution in [-0.2, 0) is 6.54 Å². The SMILES string of the molecule is CCCNCc1ncnn1-c1ccccc1Br. The van der Waals surface area contributed by atoms with Crippen molar-refractivity contribution < 1.29 is 0 Å². The van der Waals surface area contributed by atoms with Gasteiger partial charge in [-0.2, -0.15) is 5.10 Å². The van der Waals surface area contributed by atoms with Gasteiger partial charge in [-0.3, -0.25) is 0 Å². The first-order chi connectivity index (χ1) is 8.33. The van der Waals surface area contributed by atoms with Gasteiger partial charge in [0.1, 0.15) is 12.2 Å². The summed E-state index contributed by atoms with van der Waals surface area (Å²) in [5, 5.41) is 7.59. The number of benzene rings is 1. The summed E-state index contributed by atoms with van der Waals surface area (Å²) in [6, 6.07) is 7.99. The van der Waals surface area contributed by atoms with E-state index < -0.39 is 0 Å². The van der Waals surface area contributed by atoms with Crippen molar-refractivity contribution in [1.29, 1.82) is 0 Å². The largest absolute Gasteiger partial charge is 0.310 e. The molecule has 0 saturated carbocycles. The first-order valence-electron chi connectivity index (χ1n) is 5.67. The Balaban J connectivity index is 2.22. The molecule has 2 rings (SSSR count). The number of hydrogen-bond donors (Lipinski definition) is 1. The Hall–Kier alpha value is -1.20. The standard InChI is InChI=1S/C12H15BrN4/c1-2-7-14-8-12-15-9-16-17(12)11-6-4-3-5-10(11)13/h3-6,9,14H,2,7-8H2,1H3. The third-order valence-electron chi connectivity index (χ3n) is 2.41. The van der Waals surface area contributed by atoms with E-state index in [-0.39, 0.29) is 0 Å². The topological polar surface area (TPSA) is 42.7 Å². The van der Waals surface area contributed by atoms with Crippen LogP contribution < -0.4 is 5.32 Å². The lowest BCUT2D eigenvalue weighted by Crippen LogP contribution is -2.17. The number of halogens is 1. The fourth-order valence-corrected chi connectivity index (χ4v) is 2.04. The molecule has 0 aliphatic rings. The van der Waals surface area contributed by atoms with Crippen LogP contribution in [0.4, 0.5) is 0 Å². The number of hydrogen-bond acceptors (Lipinski definition) is 3. The van der Waals surface area contributed by atoms with Crippen LogP contribution in [0.15, 0.2) is 35.1 Å². The van der Waals surface area contributed by atoms with E-state index >= 15 is 0 Å². The second-order valence-corrected chi connectivity index (χ2v) is 4.57. The maximum atomic E-state index is 4.27. The average molecular weight is 295 g/mol. The second-order valence-electron chi connectivity index (χ2n) is 3.72. The zero-order chi connectivity index (χ0) is 12.1. The Kier molecular flexibility index (Phi) is 4.28. The highest BCUT2D eigenvalue weighted by molar-refractivity contribution is 9.10. The summed E-state index contributed by atoms with van der Waals surface area (Å²) in [6.07, 6.45) is 2.70. The van der Waals surface area contributed by atoms with Crippen molar-refractivity contribution in [3.63, 3.8) is 0 Å². The number of para-hydroxylation sites is 1. The van der Waals surface area contributed by atoms with Crippen molar-refractivity contribution in [2.45, 2.75) is 19.9 Å². The molecule has 1 aromatic heterocycles. The molecule has 17 heavy (non-hydrogen) atoms. The molecule has 0 fully saturated rings. The van der Waals surface area contributed by atoms with E-state index in [2.05, 4.69) is 38.3 Å². The van der Waals surface area contributed by atoms with Gasteiger partial charge in [0.2, 0.25) is 0 Å². The Labute approximate surface area is 109 Å². The Morgan fingerprint density at radius 2 is 2.18 bits per heavy atom. The molecular weight excluding hydrogens is 280 g/mol. The van der Waals surface area contributed by atoms with Crippen LogP contribution in [0.25, 0.3) is 5.69 Å². The van der Waals surface area contributed by atoms with Gasteiger partial charge in [-0.25, -0.2) is 9.67 Å². The lowest BCUT2D eigenvalue weighted by Gasteiger charge is -2.08. The van der Waals surface area contributed by atoms with E-state index in [0.717, 1.165) is 35.5 Å². The van der Waals surface area contributed by atoms with Gasteiger partial charge >= 0.3 is 0 Å². The van der Waals surface area contributed by atoms with Crippen molar-refractivity contribution >= 4 is 15.9 Å². The van der Waals surface area contributed by atoms with Gasteiger partial charge in [0.15, 0.2) is 0 Å². The number of nitrogens with one attached hydrogen (secondary N) is 1. The third kappa shape index (κ3) is 2.92. The van der Waals surface area contributed by atoms with E-state index in [9.17, 15) is 0 Å². The predicted octanol–water partition coefficient (Wildman–Crippen LogP) is 2.53. The molecule has 1 N–H and O–H groups in total. The van der Waals surface area contributed by atoms with Crippen LogP contribution in [0.5, 0.6) is 0 Å². The summed E-state index contributed by atoms with van der Waals surface area (Å²) in [5.41, 5.74) is 1.01. The lowest BCUT2D eigenvalue weighted by molar-refractivity contribution is 0.632. The summed E-state index contributed by atoms with van der Waals surface area (Å²) < 4.78 is 2.87. The van der Waals surface area contributed by atoms with Crippen LogP contribution in [0.3, 0.4) is 0 Å². The quantitative estimate of drug-likeness (QED) is 0.862. The molecule has 0 amide bonds. The van der Waals surface area contributed by atoms with E-state index in [1.807, 2.05) is 28.9 Å². The first kappa shape index (κ1) is 12.3. The normalized spacial score (nSPS) is 10.7. The second kappa shape index (κ2) is 5.93. The van der Waals surface area contributed by atoms with Crippen molar-refractivity contribution in [3.8, 4) is 5.69 Å².